The Kier molecular flexibility index (Phi) is 9.48. The Labute approximate surface area is 208 Å². The van der Waals surface area contributed by atoms with Crippen molar-refractivity contribution in [2.75, 3.05) is 50.8 Å². The summed E-state index contributed by atoms with van der Waals surface area (Å²) in [5.41, 5.74) is 1.55. The van der Waals surface area contributed by atoms with Crippen molar-refractivity contribution in [1.82, 2.24) is 14.8 Å². The first-order valence-corrected chi connectivity index (χ1v) is 12.8. The molecule has 0 spiro atoms. The fourth-order valence-corrected chi connectivity index (χ4v) is 4.41. The minimum atomic E-state index is -0.537. The predicted octanol–water partition coefficient (Wildman–Crippen LogP) is 3.19. The predicted molar refractivity (Wildman–Crippen MR) is 133 cm³/mol. The fourth-order valence-electron chi connectivity index (χ4n) is 4.41. The number of unbranched alkanes of at least 4 members (excludes halogenated alkanes) is 2. The zero-order chi connectivity index (χ0) is 25.4. The van der Waals surface area contributed by atoms with Gasteiger partial charge >= 0.3 is 12.1 Å². The summed E-state index contributed by atoms with van der Waals surface area (Å²) in [6.07, 6.45) is 5.38. The Bertz CT molecular complexity index is 898. The van der Waals surface area contributed by atoms with Gasteiger partial charge in [0.1, 0.15) is 18.0 Å². The van der Waals surface area contributed by atoms with Crippen molar-refractivity contribution in [3.05, 3.63) is 23.4 Å². The van der Waals surface area contributed by atoms with E-state index in [0.717, 1.165) is 68.7 Å². The van der Waals surface area contributed by atoms with E-state index in [1.54, 1.807) is 16.7 Å². The second kappa shape index (κ2) is 12.3. The van der Waals surface area contributed by atoms with Crippen LogP contribution in [0.25, 0.3) is 0 Å². The van der Waals surface area contributed by atoms with Crippen LogP contribution in [0.2, 0.25) is 0 Å². The van der Waals surface area contributed by atoms with E-state index in [4.69, 9.17) is 14.5 Å². The number of fused-ring (bicyclic) bond motifs is 1. The maximum absolute atomic E-state index is 12.7. The van der Waals surface area contributed by atoms with Crippen LogP contribution in [0.15, 0.2) is 12.1 Å². The second-order valence-corrected chi connectivity index (χ2v) is 10.2. The lowest BCUT2D eigenvalue weighted by Gasteiger charge is -2.33. The molecule has 0 atom stereocenters. The zero-order valence-electron chi connectivity index (χ0n) is 21.7. The molecule has 3 rings (SSSR count). The summed E-state index contributed by atoms with van der Waals surface area (Å²) in [4.78, 5) is 46.8. The van der Waals surface area contributed by atoms with Crippen molar-refractivity contribution in [1.29, 1.82) is 0 Å². The molecule has 0 N–H and O–H groups in total. The van der Waals surface area contributed by atoms with Gasteiger partial charge < -0.3 is 14.4 Å². The highest BCUT2D eigenvalue weighted by Gasteiger charge is 2.29. The van der Waals surface area contributed by atoms with Gasteiger partial charge in [0.2, 0.25) is 5.91 Å². The fraction of sp³-hybridized carbons (Fsp3) is 0.692. The summed E-state index contributed by atoms with van der Waals surface area (Å²) in [7, 11) is 0. The molecule has 2 aliphatic rings. The molecule has 9 heteroatoms. The number of carbonyl (C=O) groups is 3. The van der Waals surface area contributed by atoms with Gasteiger partial charge in [-0.2, -0.15) is 0 Å². The lowest BCUT2D eigenvalue weighted by atomic mass is 10.0. The first-order chi connectivity index (χ1) is 16.7. The molecule has 9 nitrogen and oxygen atoms in total. The molecule has 194 valence electrons. The molecular formula is C26H40N4O5. The number of piperazine rings is 1. The third kappa shape index (κ3) is 8.19. The molecule has 0 aliphatic carbocycles. The average Bonchev–Trinajstić information content (AvgIpc) is 2.79. The zero-order valence-corrected chi connectivity index (χ0v) is 21.7. The molecule has 0 bridgehead atoms. The molecule has 0 unspecified atom stereocenters. The topological polar surface area (TPSA) is 92.3 Å². The number of aryl methyl sites for hydroxylation is 2. The number of amides is 2. The third-order valence-electron chi connectivity index (χ3n) is 6.14. The number of esters is 1. The van der Waals surface area contributed by atoms with Crippen LogP contribution in [0.3, 0.4) is 0 Å². The van der Waals surface area contributed by atoms with Gasteiger partial charge in [0, 0.05) is 25.3 Å². The smallest absolute Gasteiger partial charge is 0.416 e. The van der Waals surface area contributed by atoms with Crippen molar-refractivity contribution in [2.45, 2.75) is 71.8 Å². The van der Waals surface area contributed by atoms with Gasteiger partial charge in [0.25, 0.3) is 0 Å². The number of ether oxygens (including phenoxy) is 2. The van der Waals surface area contributed by atoms with Gasteiger partial charge in [0.15, 0.2) is 0 Å². The van der Waals surface area contributed by atoms with Crippen molar-refractivity contribution in [2.24, 2.45) is 0 Å². The van der Waals surface area contributed by atoms with E-state index in [1.165, 1.54) is 0 Å². The van der Waals surface area contributed by atoms with E-state index in [0.29, 0.717) is 26.2 Å². The van der Waals surface area contributed by atoms with Gasteiger partial charge in [-0.15, -0.1) is 0 Å². The monoisotopic (exact) mass is 488 g/mol. The van der Waals surface area contributed by atoms with E-state index in [-0.39, 0.29) is 24.5 Å². The molecule has 3 heterocycles. The van der Waals surface area contributed by atoms with Crippen LogP contribution >= 0.6 is 0 Å². The Morgan fingerprint density at radius 2 is 1.89 bits per heavy atom. The Morgan fingerprint density at radius 3 is 2.60 bits per heavy atom. The molecular weight excluding hydrogens is 448 g/mol. The summed E-state index contributed by atoms with van der Waals surface area (Å²) in [6, 6.07) is 4.16. The molecule has 0 radical (unpaired) electrons. The largest absolute Gasteiger partial charge is 0.465 e. The lowest BCUT2D eigenvalue weighted by molar-refractivity contribution is -0.151. The SMILES string of the molecule is CCOC(=O)CN1CCN(CCCCCc2ccc3c(n2)N(C(=O)OC(C)(C)C)CCC3)CC1=O. The number of carbonyl (C=O) groups excluding carboxylic acids is 3. The molecule has 2 amide bonds. The minimum absolute atomic E-state index is 0.0166. The first kappa shape index (κ1) is 26.9. The van der Waals surface area contributed by atoms with Crippen LogP contribution in [0.5, 0.6) is 0 Å². The average molecular weight is 489 g/mol. The number of rotatable bonds is 9. The van der Waals surface area contributed by atoms with Crippen LogP contribution in [0.1, 0.15) is 64.6 Å². The van der Waals surface area contributed by atoms with Crippen molar-refractivity contribution < 1.29 is 23.9 Å². The van der Waals surface area contributed by atoms with Crippen LogP contribution in [-0.4, -0.2) is 84.2 Å². The van der Waals surface area contributed by atoms with E-state index >= 15 is 0 Å². The Balaban J connectivity index is 1.41. The first-order valence-electron chi connectivity index (χ1n) is 12.8. The van der Waals surface area contributed by atoms with Gasteiger partial charge in [-0.05, 0) is 78.0 Å². The standard InChI is InChI=1S/C26H40N4O5/c1-5-34-23(32)19-29-17-16-28(18-22(29)31)14-8-6-7-11-21-13-12-20-10-9-15-30(24(20)27-21)25(33)35-26(2,3)4/h12-13H,5-11,14-19H2,1-4H3. The summed E-state index contributed by atoms with van der Waals surface area (Å²) < 4.78 is 10.5. The highest BCUT2D eigenvalue weighted by molar-refractivity contribution is 5.88. The normalized spacial score (nSPS) is 16.7. The van der Waals surface area contributed by atoms with Crippen LogP contribution in [0, 0.1) is 0 Å². The lowest BCUT2D eigenvalue weighted by Crippen LogP contribution is -2.52. The quantitative estimate of drug-likeness (QED) is 0.389. The molecule has 1 fully saturated rings. The van der Waals surface area contributed by atoms with Crippen LogP contribution in [0.4, 0.5) is 10.6 Å². The van der Waals surface area contributed by atoms with Crippen molar-refractivity contribution in [3.63, 3.8) is 0 Å². The second-order valence-electron chi connectivity index (χ2n) is 10.2. The summed E-state index contributed by atoms with van der Waals surface area (Å²) in [6.45, 7) is 10.9. The van der Waals surface area contributed by atoms with Crippen molar-refractivity contribution >= 4 is 23.8 Å². The van der Waals surface area contributed by atoms with Gasteiger partial charge in [-0.1, -0.05) is 12.5 Å². The third-order valence-corrected chi connectivity index (χ3v) is 6.14. The van der Waals surface area contributed by atoms with Crippen molar-refractivity contribution in [3.8, 4) is 0 Å². The highest BCUT2D eigenvalue weighted by Crippen LogP contribution is 2.27. The molecule has 35 heavy (non-hydrogen) atoms. The summed E-state index contributed by atoms with van der Waals surface area (Å²) in [5.74, 6) is 0.374. The summed E-state index contributed by atoms with van der Waals surface area (Å²) >= 11 is 0. The number of nitrogens with zero attached hydrogens (tertiary/aromatic N) is 4. The molecule has 1 aromatic heterocycles. The van der Waals surface area contributed by atoms with Crippen LogP contribution in [-0.2, 0) is 31.9 Å². The van der Waals surface area contributed by atoms with E-state index < -0.39 is 5.60 Å². The number of hydrogen-bond acceptors (Lipinski definition) is 7. The molecule has 2 aliphatic heterocycles. The summed E-state index contributed by atoms with van der Waals surface area (Å²) in [5, 5.41) is 0. The minimum Gasteiger partial charge on any atom is -0.465 e. The highest BCUT2D eigenvalue weighted by atomic mass is 16.6. The Hall–Kier alpha value is -2.68. The maximum Gasteiger partial charge on any atom is 0.416 e. The van der Waals surface area contributed by atoms with Crippen LogP contribution < -0.4 is 4.90 Å². The maximum atomic E-state index is 12.7. The molecule has 1 aromatic rings. The van der Waals surface area contributed by atoms with E-state index in [2.05, 4.69) is 17.0 Å². The number of pyridine rings is 1. The molecule has 0 aromatic carbocycles. The number of aromatic nitrogens is 1. The van der Waals surface area contributed by atoms with Gasteiger partial charge in [-0.25, -0.2) is 9.78 Å². The van der Waals surface area contributed by atoms with Gasteiger partial charge in [0.05, 0.1) is 13.2 Å². The number of hydrogen-bond donors (Lipinski definition) is 0. The van der Waals surface area contributed by atoms with E-state index in [9.17, 15) is 14.4 Å². The van der Waals surface area contributed by atoms with Gasteiger partial charge in [-0.3, -0.25) is 19.4 Å². The van der Waals surface area contributed by atoms with E-state index in [1.807, 2.05) is 20.8 Å². The number of anilines is 1. The Morgan fingerprint density at radius 1 is 1.09 bits per heavy atom. The molecule has 1 saturated heterocycles. The molecule has 0 saturated carbocycles.